The second-order valence-corrected chi connectivity index (χ2v) is 7.86. The van der Waals surface area contributed by atoms with Gasteiger partial charge in [0.15, 0.2) is 0 Å². The van der Waals surface area contributed by atoms with Gasteiger partial charge in [0.2, 0.25) is 0 Å². The number of hydrogen-bond donors (Lipinski definition) is 2. The molecule has 0 unspecified atom stereocenters. The first-order valence-electron chi connectivity index (χ1n) is 8.45. The van der Waals surface area contributed by atoms with E-state index in [1.165, 1.54) is 0 Å². The molecule has 0 bridgehead atoms. The van der Waals surface area contributed by atoms with Gasteiger partial charge in [-0.05, 0) is 38.2 Å². The number of aliphatic imine (C=N–C) groups is 1. The Kier molecular flexibility index (Phi) is 10.1. The van der Waals surface area contributed by atoms with Crippen LogP contribution < -0.4 is 5.46 Å². The minimum absolute atomic E-state index is 0.447. The van der Waals surface area contributed by atoms with Crippen molar-refractivity contribution in [1.82, 2.24) is 0 Å². The van der Waals surface area contributed by atoms with E-state index in [1.807, 2.05) is 26.8 Å². The summed E-state index contributed by atoms with van der Waals surface area (Å²) in [5, 5.41) is 18.7. The molecule has 6 nitrogen and oxygen atoms in total. The monoisotopic (exact) mass is 353 g/mol. The Labute approximate surface area is 146 Å². The van der Waals surface area contributed by atoms with E-state index in [2.05, 4.69) is 4.99 Å². The van der Waals surface area contributed by atoms with E-state index in [1.54, 1.807) is 24.4 Å². The quantitative estimate of drug-likeness (QED) is 0.336. The lowest BCUT2D eigenvalue weighted by Gasteiger charge is -2.28. The van der Waals surface area contributed by atoms with Crippen molar-refractivity contribution in [2.45, 2.75) is 33.2 Å². The van der Waals surface area contributed by atoms with Gasteiger partial charge in [-0.2, -0.15) is 0 Å². The molecule has 0 saturated carbocycles. The molecule has 1 aromatic rings. The van der Waals surface area contributed by atoms with E-state index in [0.29, 0.717) is 43.4 Å². The van der Waals surface area contributed by atoms with Gasteiger partial charge < -0.3 is 23.3 Å². The van der Waals surface area contributed by atoms with Crippen LogP contribution in [0, 0.1) is 0 Å². The first kappa shape index (κ1) is 21.0. The Hall–Kier alpha value is -1.03. The van der Waals surface area contributed by atoms with Crippen LogP contribution in [-0.2, 0) is 13.3 Å². The number of rotatable bonds is 12. The molecule has 0 fully saturated rings. The van der Waals surface area contributed by atoms with Crippen LogP contribution in [0.5, 0.6) is 0 Å². The summed E-state index contributed by atoms with van der Waals surface area (Å²) in [6, 6.07) is 7.79. The van der Waals surface area contributed by atoms with Gasteiger partial charge in [-0.25, -0.2) is 0 Å². The molecule has 0 radical (unpaired) electrons. The van der Waals surface area contributed by atoms with Crippen molar-refractivity contribution in [3.05, 3.63) is 29.8 Å². The van der Waals surface area contributed by atoms with Crippen molar-refractivity contribution in [2.75, 3.05) is 26.4 Å². The minimum Gasteiger partial charge on any atom is -0.423 e. The van der Waals surface area contributed by atoms with E-state index < -0.39 is 15.9 Å². The molecule has 0 amide bonds. The fourth-order valence-electron chi connectivity index (χ4n) is 2.41. The van der Waals surface area contributed by atoms with E-state index in [9.17, 15) is 10.0 Å². The Morgan fingerprint density at radius 2 is 1.62 bits per heavy atom. The van der Waals surface area contributed by atoms with Gasteiger partial charge in [0, 0.05) is 38.6 Å². The van der Waals surface area contributed by atoms with Crippen LogP contribution in [0.1, 0.15) is 32.8 Å². The van der Waals surface area contributed by atoms with Crippen molar-refractivity contribution in [1.29, 1.82) is 0 Å². The topological polar surface area (TPSA) is 80.5 Å². The Bertz CT molecular complexity index is 484. The van der Waals surface area contributed by atoms with Crippen LogP contribution in [0.2, 0.25) is 6.04 Å². The lowest BCUT2D eigenvalue weighted by atomic mass is 9.77. The first-order chi connectivity index (χ1) is 11.6. The zero-order valence-electron chi connectivity index (χ0n) is 14.8. The molecule has 134 valence electrons. The van der Waals surface area contributed by atoms with E-state index in [-0.39, 0.29) is 0 Å². The Morgan fingerprint density at radius 1 is 1.04 bits per heavy atom. The second-order valence-electron chi connectivity index (χ2n) is 5.12. The number of hydrogen-bond acceptors (Lipinski definition) is 6. The highest BCUT2D eigenvalue weighted by molar-refractivity contribution is 6.60. The highest BCUT2D eigenvalue weighted by Gasteiger charge is 2.39. The van der Waals surface area contributed by atoms with Crippen molar-refractivity contribution < 1.29 is 23.3 Å². The van der Waals surface area contributed by atoms with Crippen LogP contribution in [0.25, 0.3) is 0 Å². The average molecular weight is 353 g/mol. The lowest BCUT2D eigenvalue weighted by molar-refractivity contribution is 0.0710. The molecular formula is C16H28BNO5Si. The third-order valence-corrected chi connectivity index (χ3v) is 6.52. The predicted molar refractivity (Wildman–Crippen MR) is 98.8 cm³/mol. The molecule has 8 heteroatoms. The third-order valence-electron chi connectivity index (χ3n) is 3.37. The average Bonchev–Trinajstić information content (AvgIpc) is 2.55. The van der Waals surface area contributed by atoms with Crippen molar-refractivity contribution in [3.8, 4) is 0 Å². The van der Waals surface area contributed by atoms with Gasteiger partial charge in [0.25, 0.3) is 0 Å². The van der Waals surface area contributed by atoms with Crippen molar-refractivity contribution in [3.63, 3.8) is 0 Å². The molecule has 1 rings (SSSR count). The molecule has 0 heterocycles. The van der Waals surface area contributed by atoms with Crippen molar-refractivity contribution >= 4 is 27.6 Å². The predicted octanol–water partition coefficient (Wildman–Crippen LogP) is 1.22. The van der Waals surface area contributed by atoms with Gasteiger partial charge in [0.1, 0.15) is 0 Å². The molecule has 24 heavy (non-hydrogen) atoms. The van der Waals surface area contributed by atoms with Gasteiger partial charge in [0.05, 0.1) is 0 Å². The van der Waals surface area contributed by atoms with Crippen LogP contribution in [0.15, 0.2) is 29.3 Å². The fraction of sp³-hybridized carbons (Fsp3) is 0.562. The summed E-state index contributed by atoms with van der Waals surface area (Å²) in [6.45, 7) is 8.11. The SMILES string of the molecule is CCO[Si](CCCN=Cc1ccccc1B(O)O)(OCC)OCC. The van der Waals surface area contributed by atoms with Gasteiger partial charge in [-0.3, -0.25) is 4.99 Å². The molecule has 0 aliphatic rings. The third kappa shape index (κ3) is 6.84. The minimum atomic E-state index is -2.61. The van der Waals surface area contributed by atoms with Crippen LogP contribution >= 0.6 is 0 Å². The van der Waals surface area contributed by atoms with E-state index in [0.717, 1.165) is 6.42 Å². The lowest BCUT2D eigenvalue weighted by Crippen LogP contribution is -2.46. The summed E-state index contributed by atoms with van der Waals surface area (Å²) >= 11 is 0. The molecule has 0 aromatic heterocycles. The summed E-state index contributed by atoms with van der Waals surface area (Å²) in [5.41, 5.74) is 1.15. The van der Waals surface area contributed by atoms with E-state index >= 15 is 0 Å². The maximum Gasteiger partial charge on any atom is 0.500 e. The molecule has 0 aliphatic carbocycles. The van der Waals surface area contributed by atoms with Gasteiger partial charge in [-0.15, -0.1) is 0 Å². The summed E-state index contributed by atoms with van der Waals surface area (Å²) in [5.74, 6) is 0. The normalized spacial score (nSPS) is 12.0. The molecule has 0 atom stereocenters. The molecule has 2 N–H and O–H groups in total. The smallest absolute Gasteiger partial charge is 0.423 e. The second kappa shape index (κ2) is 11.5. The fourth-order valence-corrected chi connectivity index (χ4v) is 5.01. The van der Waals surface area contributed by atoms with Crippen LogP contribution in [0.3, 0.4) is 0 Å². The van der Waals surface area contributed by atoms with Crippen LogP contribution in [-0.4, -0.2) is 58.6 Å². The zero-order valence-corrected chi connectivity index (χ0v) is 15.8. The maximum atomic E-state index is 9.34. The summed E-state index contributed by atoms with van der Waals surface area (Å²) in [7, 11) is -4.11. The number of benzene rings is 1. The summed E-state index contributed by atoms with van der Waals surface area (Å²) in [4.78, 5) is 4.38. The Balaban J connectivity index is 2.59. The highest BCUT2D eigenvalue weighted by Crippen LogP contribution is 2.18. The standard InChI is InChI=1S/C16H28BNO5Si/c1-4-21-24(22-5-2,23-6-3)13-9-12-18-14-15-10-7-8-11-16(15)17(19)20/h7-8,10-11,14,19-20H,4-6,9,12-13H2,1-3H3. The Morgan fingerprint density at radius 3 is 2.17 bits per heavy atom. The van der Waals surface area contributed by atoms with Crippen LogP contribution in [0.4, 0.5) is 0 Å². The summed E-state index contributed by atoms with van der Waals surface area (Å²) < 4.78 is 17.4. The molecule has 1 aromatic carbocycles. The van der Waals surface area contributed by atoms with Gasteiger partial charge in [-0.1, -0.05) is 24.3 Å². The molecule has 0 aliphatic heterocycles. The maximum absolute atomic E-state index is 9.34. The number of nitrogens with zero attached hydrogens (tertiary/aromatic N) is 1. The summed E-state index contributed by atoms with van der Waals surface area (Å²) in [6.07, 6.45) is 2.45. The molecule has 0 saturated heterocycles. The highest BCUT2D eigenvalue weighted by atomic mass is 28.4. The van der Waals surface area contributed by atoms with Gasteiger partial charge >= 0.3 is 15.9 Å². The van der Waals surface area contributed by atoms with E-state index in [4.69, 9.17) is 13.3 Å². The van der Waals surface area contributed by atoms with Crippen molar-refractivity contribution in [2.24, 2.45) is 4.99 Å². The molecule has 0 spiro atoms. The largest absolute Gasteiger partial charge is 0.500 e. The molecular weight excluding hydrogens is 325 g/mol. The first-order valence-corrected chi connectivity index (χ1v) is 10.4. The zero-order chi connectivity index (χ0) is 17.8.